The lowest BCUT2D eigenvalue weighted by molar-refractivity contribution is 0.0777. The van der Waals surface area contributed by atoms with Gasteiger partial charge >= 0.3 is 0 Å². The van der Waals surface area contributed by atoms with E-state index in [0.29, 0.717) is 19.0 Å². The van der Waals surface area contributed by atoms with Crippen molar-refractivity contribution in [3.8, 4) is 0 Å². The third-order valence-electron chi connectivity index (χ3n) is 3.68. The molecule has 0 spiro atoms. The molecule has 0 aliphatic heterocycles. The Balaban J connectivity index is 2.09. The minimum atomic E-state index is 0.102. The SMILES string of the molecule is CC(CN)CN(C)C(=O)c1ccc2c(c1)CCC2. The number of nitrogens with zero attached hydrogens (tertiary/aromatic N) is 1. The summed E-state index contributed by atoms with van der Waals surface area (Å²) in [5.74, 6) is 0.443. The molecule has 1 atom stereocenters. The van der Waals surface area contributed by atoms with Crippen molar-refractivity contribution in [2.24, 2.45) is 11.7 Å². The van der Waals surface area contributed by atoms with Gasteiger partial charge in [0.25, 0.3) is 5.91 Å². The summed E-state index contributed by atoms with van der Waals surface area (Å²) in [5.41, 5.74) is 9.16. The Morgan fingerprint density at radius 2 is 2.11 bits per heavy atom. The van der Waals surface area contributed by atoms with Crippen molar-refractivity contribution in [3.63, 3.8) is 0 Å². The van der Waals surface area contributed by atoms with Crippen LogP contribution in [0.5, 0.6) is 0 Å². The average molecular weight is 246 g/mol. The van der Waals surface area contributed by atoms with E-state index in [1.54, 1.807) is 4.90 Å². The third kappa shape index (κ3) is 2.72. The molecule has 2 N–H and O–H groups in total. The minimum absolute atomic E-state index is 0.102. The summed E-state index contributed by atoms with van der Waals surface area (Å²) >= 11 is 0. The molecule has 3 heteroatoms. The molecule has 0 saturated heterocycles. The van der Waals surface area contributed by atoms with Gasteiger partial charge in [-0.1, -0.05) is 13.0 Å². The minimum Gasteiger partial charge on any atom is -0.341 e. The Kier molecular flexibility index (Phi) is 4.02. The summed E-state index contributed by atoms with van der Waals surface area (Å²) in [5, 5.41) is 0. The van der Waals surface area contributed by atoms with E-state index in [0.717, 1.165) is 18.4 Å². The Bertz CT molecular complexity index is 442. The van der Waals surface area contributed by atoms with E-state index in [1.807, 2.05) is 13.1 Å². The fraction of sp³-hybridized carbons (Fsp3) is 0.533. The number of fused-ring (bicyclic) bond motifs is 1. The van der Waals surface area contributed by atoms with Crippen LogP contribution < -0.4 is 5.73 Å². The number of carbonyl (C=O) groups excluding carboxylic acids is 1. The maximum absolute atomic E-state index is 12.3. The van der Waals surface area contributed by atoms with Crippen LogP contribution in [0.1, 0.15) is 34.8 Å². The maximum atomic E-state index is 12.3. The summed E-state index contributed by atoms with van der Waals surface area (Å²) < 4.78 is 0. The quantitative estimate of drug-likeness (QED) is 0.881. The molecule has 0 heterocycles. The molecule has 0 aromatic heterocycles. The topological polar surface area (TPSA) is 46.3 Å². The highest BCUT2D eigenvalue weighted by atomic mass is 16.2. The van der Waals surface area contributed by atoms with E-state index < -0.39 is 0 Å². The predicted octanol–water partition coefficient (Wildman–Crippen LogP) is 1.84. The van der Waals surface area contributed by atoms with Gasteiger partial charge in [-0.15, -0.1) is 0 Å². The molecule has 1 aliphatic carbocycles. The van der Waals surface area contributed by atoms with E-state index in [4.69, 9.17) is 5.73 Å². The molecule has 0 radical (unpaired) electrons. The molecule has 98 valence electrons. The van der Waals surface area contributed by atoms with Crippen LogP contribution in [0.3, 0.4) is 0 Å². The van der Waals surface area contributed by atoms with Crippen molar-refractivity contribution in [2.75, 3.05) is 20.1 Å². The normalized spacial score (nSPS) is 15.3. The van der Waals surface area contributed by atoms with Crippen molar-refractivity contribution < 1.29 is 4.79 Å². The largest absolute Gasteiger partial charge is 0.341 e. The second-order valence-electron chi connectivity index (χ2n) is 5.36. The van der Waals surface area contributed by atoms with Gasteiger partial charge in [-0.2, -0.15) is 0 Å². The molecular formula is C15H22N2O. The Labute approximate surface area is 109 Å². The van der Waals surface area contributed by atoms with Crippen LogP contribution in [0, 0.1) is 5.92 Å². The number of carbonyl (C=O) groups is 1. The van der Waals surface area contributed by atoms with E-state index in [2.05, 4.69) is 19.1 Å². The first kappa shape index (κ1) is 13.1. The van der Waals surface area contributed by atoms with Gasteiger partial charge in [-0.25, -0.2) is 0 Å². The van der Waals surface area contributed by atoms with Crippen LogP contribution in [-0.2, 0) is 12.8 Å². The fourth-order valence-corrected chi connectivity index (χ4v) is 2.55. The zero-order chi connectivity index (χ0) is 13.1. The fourth-order valence-electron chi connectivity index (χ4n) is 2.55. The Morgan fingerprint density at radius 1 is 1.39 bits per heavy atom. The lowest BCUT2D eigenvalue weighted by atomic mass is 10.1. The molecule has 1 amide bonds. The first-order valence-electron chi connectivity index (χ1n) is 6.69. The lowest BCUT2D eigenvalue weighted by Gasteiger charge is -2.21. The molecular weight excluding hydrogens is 224 g/mol. The second kappa shape index (κ2) is 5.53. The van der Waals surface area contributed by atoms with Gasteiger partial charge in [0, 0.05) is 19.2 Å². The lowest BCUT2D eigenvalue weighted by Crippen LogP contribution is -2.33. The maximum Gasteiger partial charge on any atom is 0.253 e. The van der Waals surface area contributed by atoms with Gasteiger partial charge in [0.1, 0.15) is 0 Å². The highest BCUT2D eigenvalue weighted by molar-refractivity contribution is 5.94. The number of rotatable bonds is 4. The van der Waals surface area contributed by atoms with Crippen molar-refractivity contribution in [2.45, 2.75) is 26.2 Å². The van der Waals surface area contributed by atoms with Crippen LogP contribution in [0.25, 0.3) is 0 Å². The van der Waals surface area contributed by atoms with Crippen molar-refractivity contribution in [3.05, 3.63) is 34.9 Å². The summed E-state index contributed by atoms with van der Waals surface area (Å²) in [6, 6.07) is 6.13. The Morgan fingerprint density at radius 3 is 2.83 bits per heavy atom. The van der Waals surface area contributed by atoms with Crippen LogP contribution >= 0.6 is 0 Å². The molecule has 1 aromatic carbocycles. The first-order valence-corrected chi connectivity index (χ1v) is 6.69. The zero-order valence-corrected chi connectivity index (χ0v) is 11.3. The van der Waals surface area contributed by atoms with Crippen LogP contribution in [0.2, 0.25) is 0 Å². The molecule has 0 saturated carbocycles. The molecule has 1 aliphatic rings. The summed E-state index contributed by atoms with van der Waals surface area (Å²) in [6.07, 6.45) is 3.48. The summed E-state index contributed by atoms with van der Waals surface area (Å²) in [7, 11) is 1.85. The number of hydrogen-bond acceptors (Lipinski definition) is 2. The highest BCUT2D eigenvalue weighted by Gasteiger charge is 2.17. The summed E-state index contributed by atoms with van der Waals surface area (Å²) in [6.45, 7) is 3.39. The van der Waals surface area contributed by atoms with Crippen LogP contribution in [0.4, 0.5) is 0 Å². The Hall–Kier alpha value is -1.35. The van der Waals surface area contributed by atoms with Gasteiger partial charge in [0.2, 0.25) is 0 Å². The van der Waals surface area contributed by atoms with E-state index in [-0.39, 0.29) is 5.91 Å². The molecule has 3 nitrogen and oxygen atoms in total. The average Bonchev–Trinajstić information content (AvgIpc) is 2.84. The predicted molar refractivity (Wildman–Crippen MR) is 73.6 cm³/mol. The van der Waals surface area contributed by atoms with E-state index >= 15 is 0 Å². The molecule has 2 rings (SSSR count). The van der Waals surface area contributed by atoms with Crippen molar-refractivity contribution in [1.82, 2.24) is 4.90 Å². The van der Waals surface area contributed by atoms with Gasteiger partial charge in [0.05, 0.1) is 0 Å². The van der Waals surface area contributed by atoms with Gasteiger partial charge in [0.15, 0.2) is 0 Å². The van der Waals surface area contributed by atoms with Gasteiger partial charge < -0.3 is 10.6 Å². The monoisotopic (exact) mass is 246 g/mol. The number of amides is 1. The molecule has 0 fully saturated rings. The second-order valence-corrected chi connectivity index (χ2v) is 5.36. The van der Waals surface area contributed by atoms with Gasteiger partial charge in [-0.05, 0) is 55.0 Å². The molecule has 1 unspecified atom stereocenters. The number of benzene rings is 1. The summed E-state index contributed by atoms with van der Waals surface area (Å²) in [4.78, 5) is 14.1. The number of nitrogens with two attached hydrogens (primary N) is 1. The van der Waals surface area contributed by atoms with Crippen LogP contribution in [-0.4, -0.2) is 30.9 Å². The molecule has 1 aromatic rings. The number of hydrogen-bond donors (Lipinski definition) is 1. The number of aryl methyl sites for hydroxylation is 2. The molecule has 18 heavy (non-hydrogen) atoms. The zero-order valence-electron chi connectivity index (χ0n) is 11.3. The van der Waals surface area contributed by atoms with Crippen molar-refractivity contribution in [1.29, 1.82) is 0 Å². The van der Waals surface area contributed by atoms with Crippen LogP contribution in [0.15, 0.2) is 18.2 Å². The van der Waals surface area contributed by atoms with Crippen molar-refractivity contribution >= 4 is 5.91 Å². The highest BCUT2D eigenvalue weighted by Crippen LogP contribution is 2.23. The molecule has 0 bridgehead atoms. The van der Waals surface area contributed by atoms with E-state index in [9.17, 15) is 4.79 Å². The van der Waals surface area contributed by atoms with E-state index in [1.165, 1.54) is 17.5 Å². The first-order chi connectivity index (χ1) is 8.61. The standard InChI is InChI=1S/C15H22N2O/c1-11(9-16)10-17(2)15(18)14-7-6-12-4-3-5-13(12)8-14/h6-8,11H,3-5,9-10,16H2,1-2H3. The van der Waals surface area contributed by atoms with Gasteiger partial charge in [-0.3, -0.25) is 4.79 Å². The smallest absolute Gasteiger partial charge is 0.253 e. The third-order valence-corrected chi connectivity index (χ3v) is 3.68.